The predicted molar refractivity (Wildman–Crippen MR) is 77.7 cm³/mol. The lowest BCUT2D eigenvalue weighted by atomic mass is 9.79. The quantitative estimate of drug-likeness (QED) is 0.706. The van der Waals surface area contributed by atoms with Crippen LogP contribution in [0.5, 0.6) is 0 Å². The van der Waals surface area contributed by atoms with Gasteiger partial charge in [-0.3, -0.25) is 4.90 Å². The maximum absolute atomic E-state index is 5.66. The fourth-order valence-corrected chi connectivity index (χ4v) is 3.53. The van der Waals surface area contributed by atoms with Gasteiger partial charge in [-0.05, 0) is 12.8 Å². The summed E-state index contributed by atoms with van der Waals surface area (Å²) >= 11 is 0. The number of aromatic nitrogens is 3. The van der Waals surface area contributed by atoms with Crippen LogP contribution in [0.25, 0.3) is 0 Å². The molecule has 20 heavy (non-hydrogen) atoms. The maximum atomic E-state index is 5.66. The van der Waals surface area contributed by atoms with E-state index in [4.69, 9.17) is 11.5 Å². The van der Waals surface area contributed by atoms with Crippen LogP contribution in [-0.4, -0.2) is 45.0 Å². The third-order valence-corrected chi connectivity index (χ3v) is 4.52. The van der Waals surface area contributed by atoms with Crippen LogP contribution in [0.15, 0.2) is 0 Å². The van der Waals surface area contributed by atoms with Crippen LogP contribution in [0.2, 0.25) is 0 Å². The molecule has 1 aromatic heterocycles. The molecule has 0 radical (unpaired) electrons. The van der Waals surface area contributed by atoms with Crippen LogP contribution >= 0.6 is 0 Å². The summed E-state index contributed by atoms with van der Waals surface area (Å²) in [5.41, 5.74) is 11.6. The van der Waals surface area contributed by atoms with Crippen molar-refractivity contribution in [3.8, 4) is 0 Å². The number of hydrogen-bond donors (Lipinski definition) is 3. The number of hydrogen-bond acceptors (Lipinski definition) is 7. The second-order valence-electron chi connectivity index (χ2n) is 5.85. The molecule has 1 aliphatic heterocycles. The topological polar surface area (TPSA) is 106 Å². The van der Waals surface area contributed by atoms with E-state index >= 15 is 0 Å². The van der Waals surface area contributed by atoms with E-state index in [1.165, 1.54) is 32.1 Å². The smallest absolute Gasteiger partial charge is 0.225 e. The molecule has 0 bridgehead atoms. The van der Waals surface area contributed by atoms with Crippen LogP contribution in [0.1, 0.15) is 37.9 Å². The number of nitrogens with two attached hydrogens (primary N) is 2. The van der Waals surface area contributed by atoms with Crippen molar-refractivity contribution in [1.29, 1.82) is 0 Å². The first-order valence-corrected chi connectivity index (χ1v) is 7.40. The minimum Gasteiger partial charge on any atom is -0.368 e. The zero-order valence-corrected chi connectivity index (χ0v) is 11.8. The average molecular weight is 277 g/mol. The van der Waals surface area contributed by atoms with E-state index in [0.717, 1.165) is 19.6 Å². The molecule has 2 fully saturated rings. The van der Waals surface area contributed by atoms with Gasteiger partial charge in [0.1, 0.15) is 5.82 Å². The lowest BCUT2D eigenvalue weighted by Crippen LogP contribution is -2.61. The average Bonchev–Trinajstić information content (AvgIpc) is 2.41. The fourth-order valence-electron chi connectivity index (χ4n) is 3.53. The molecular formula is C13H23N7. The zero-order chi connectivity index (χ0) is 14.0. The summed E-state index contributed by atoms with van der Waals surface area (Å²) in [5, 5.41) is 3.54. The highest BCUT2D eigenvalue weighted by atomic mass is 15.3. The second-order valence-corrected chi connectivity index (χ2v) is 5.85. The van der Waals surface area contributed by atoms with Crippen molar-refractivity contribution < 1.29 is 0 Å². The Morgan fingerprint density at radius 3 is 2.45 bits per heavy atom. The first-order chi connectivity index (χ1) is 9.68. The van der Waals surface area contributed by atoms with E-state index in [1.807, 2.05) is 0 Å². The summed E-state index contributed by atoms with van der Waals surface area (Å²) in [6.45, 7) is 3.80. The molecule has 0 atom stereocenters. The molecule has 1 aromatic rings. The van der Waals surface area contributed by atoms with Crippen molar-refractivity contribution in [3.05, 3.63) is 5.82 Å². The fraction of sp³-hybridized carbons (Fsp3) is 0.769. The molecule has 1 spiro atoms. The Morgan fingerprint density at radius 1 is 1.05 bits per heavy atom. The van der Waals surface area contributed by atoms with E-state index in [-0.39, 0.29) is 17.4 Å². The van der Waals surface area contributed by atoms with Gasteiger partial charge in [0.05, 0.1) is 6.54 Å². The number of nitrogen functional groups attached to an aromatic ring is 2. The molecule has 2 aliphatic rings. The molecule has 110 valence electrons. The van der Waals surface area contributed by atoms with Gasteiger partial charge in [-0.2, -0.15) is 15.0 Å². The van der Waals surface area contributed by atoms with Crippen LogP contribution in [0, 0.1) is 0 Å². The normalized spacial score (nSPS) is 23.0. The number of anilines is 2. The van der Waals surface area contributed by atoms with Gasteiger partial charge >= 0.3 is 0 Å². The Balaban J connectivity index is 1.79. The Morgan fingerprint density at radius 2 is 1.75 bits per heavy atom. The van der Waals surface area contributed by atoms with Crippen molar-refractivity contribution >= 4 is 11.9 Å². The zero-order valence-electron chi connectivity index (χ0n) is 11.8. The van der Waals surface area contributed by atoms with Crippen molar-refractivity contribution in [2.45, 2.75) is 44.2 Å². The lowest BCUT2D eigenvalue weighted by Gasteiger charge is -2.49. The van der Waals surface area contributed by atoms with Crippen LogP contribution in [-0.2, 0) is 6.54 Å². The molecule has 1 saturated heterocycles. The summed E-state index contributed by atoms with van der Waals surface area (Å²) in [4.78, 5) is 14.8. The predicted octanol–water partition coefficient (Wildman–Crippen LogP) is 0.144. The minimum atomic E-state index is 0.209. The Labute approximate surface area is 119 Å². The van der Waals surface area contributed by atoms with Crippen molar-refractivity contribution in [2.24, 2.45) is 0 Å². The van der Waals surface area contributed by atoms with Gasteiger partial charge in [-0.15, -0.1) is 0 Å². The molecule has 0 unspecified atom stereocenters. The number of piperazine rings is 1. The van der Waals surface area contributed by atoms with Crippen LogP contribution in [0.3, 0.4) is 0 Å². The first kappa shape index (κ1) is 13.5. The van der Waals surface area contributed by atoms with E-state index in [0.29, 0.717) is 12.4 Å². The van der Waals surface area contributed by atoms with Gasteiger partial charge in [0.15, 0.2) is 0 Å². The molecule has 5 N–H and O–H groups in total. The van der Waals surface area contributed by atoms with Crippen molar-refractivity contribution in [1.82, 2.24) is 25.2 Å². The summed E-state index contributed by atoms with van der Waals surface area (Å²) < 4.78 is 0. The highest BCUT2D eigenvalue weighted by Crippen LogP contribution is 2.35. The molecule has 7 nitrogen and oxygen atoms in total. The lowest BCUT2D eigenvalue weighted by molar-refractivity contribution is 0.0189. The van der Waals surface area contributed by atoms with E-state index in [1.54, 1.807) is 0 Å². The summed E-state index contributed by atoms with van der Waals surface area (Å²) in [6, 6.07) is 0. The Bertz CT molecular complexity index is 441. The van der Waals surface area contributed by atoms with Gasteiger partial charge < -0.3 is 16.8 Å². The van der Waals surface area contributed by atoms with Gasteiger partial charge in [0.25, 0.3) is 0 Å². The standard InChI is InChI=1S/C13H23N7/c14-11-17-10(18-12(15)19-11)8-20-7-6-16-9-13(20)4-2-1-3-5-13/h16H,1-9H2,(H4,14,15,17,18,19). The molecule has 0 aromatic carbocycles. The number of nitrogens with zero attached hydrogens (tertiary/aromatic N) is 4. The van der Waals surface area contributed by atoms with Crippen LogP contribution < -0.4 is 16.8 Å². The SMILES string of the molecule is Nc1nc(N)nc(CN2CCNCC23CCCCC3)n1. The molecule has 0 amide bonds. The van der Waals surface area contributed by atoms with Gasteiger partial charge in [-0.25, -0.2) is 0 Å². The molecule has 1 saturated carbocycles. The number of rotatable bonds is 2. The molecule has 3 rings (SSSR count). The summed E-state index contributed by atoms with van der Waals surface area (Å²) in [5.74, 6) is 1.10. The monoisotopic (exact) mass is 277 g/mol. The van der Waals surface area contributed by atoms with Crippen molar-refractivity contribution in [2.75, 3.05) is 31.1 Å². The maximum Gasteiger partial charge on any atom is 0.225 e. The van der Waals surface area contributed by atoms with Crippen LogP contribution in [0.4, 0.5) is 11.9 Å². The molecule has 2 heterocycles. The second kappa shape index (κ2) is 5.49. The molecular weight excluding hydrogens is 254 g/mol. The third kappa shape index (κ3) is 2.69. The van der Waals surface area contributed by atoms with E-state index in [2.05, 4.69) is 25.2 Å². The summed E-state index contributed by atoms with van der Waals surface area (Å²) in [6.07, 6.45) is 6.45. The van der Waals surface area contributed by atoms with E-state index in [9.17, 15) is 0 Å². The Kier molecular flexibility index (Phi) is 3.71. The van der Waals surface area contributed by atoms with Gasteiger partial charge in [0, 0.05) is 25.2 Å². The largest absolute Gasteiger partial charge is 0.368 e. The van der Waals surface area contributed by atoms with Gasteiger partial charge in [-0.1, -0.05) is 19.3 Å². The number of nitrogens with one attached hydrogen (secondary N) is 1. The minimum absolute atomic E-state index is 0.209. The van der Waals surface area contributed by atoms with Gasteiger partial charge in [0.2, 0.25) is 11.9 Å². The highest BCUT2D eigenvalue weighted by Gasteiger charge is 2.39. The van der Waals surface area contributed by atoms with Crippen molar-refractivity contribution in [3.63, 3.8) is 0 Å². The third-order valence-electron chi connectivity index (χ3n) is 4.52. The highest BCUT2D eigenvalue weighted by molar-refractivity contribution is 5.25. The first-order valence-electron chi connectivity index (χ1n) is 7.40. The van der Waals surface area contributed by atoms with E-state index < -0.39 is 0 Å². The molecule has 7 heteroatoms. The summed E-state index contributed by atoms with van der Waals surface area (Å²) in [7, 11) is 0. The Hall–Kier alpha value is -1.47. The molecule has 1 aliphatic carbocycles.